The molecule has 1 saturated heterocycles. The molecule has 2 aromatic carbocycles. The number of sulfonamides is 1. The molecule has 0 radical (unpaired) electrons. The lowest BCUT2D eigenvalue weighted by molar-refractivity contribution is 0.581. The Morgan fingerprint density at radius 1 is 0.957 bits per heavy atom. The summed E-state index contributed by atoms with van der Waals surface area (Å²) in [6.45, 7) is 2.47. The van der Waals surface area contributed by atoms with E-state index in [9.17, 15) is 8.42 Å². The topological polar surface area (TPSA) is 49.4 Å². The second-order valence-electron chi connectivity index (χ2n) is 5.64. The van der Waals surface area contributed by atoms with Gasteiger partial charge in [-0.1, -0.05) is 23.7 Å². The van der Waals surface area contributed by atoms with Crippen molar-refractivity contribution in [3.63, 3.8) is 0 Å². The van der Waals surface area contributed by atoms with Crippen LogP contribution in [0, 0.1) is 0 Å². The van der Waals surface area contributed by atoms with Crippen LogP contribution >= 0.6 is 11.6 Å². The van der Waals surface area contributed by atoms with Crippen molar-refractivity contribution in [3.8, 4) is 0 Å². The minimum absolute atomic E-state index is 0.218. The predicted molar refractivity (Wildman–Crippen MR) is 93.4 cm³/mol. The third-order valence-corrected chi connectivity index (χ3v) is 5.67. The van der Waals surface area contributed by atoms with Gasteiger partial charge in [0.2, 0.25) is 10.0 Å². The molecule has 6 heteroatoms. The molecule has 0 spiro atoms. The summed E-state index contributed by atoms with van der Waals surface area (Å²) in [4.78, 5) is 2.57. The molecule has 1 aliphatic heterocycles. The zero-order chi connectivity index (χ0) is 16.3. The number of benzene rings is 2. The van der Waals surface area contributed by atoms with Crippen LogP contribution in [0.2, 0.25) is 5.02 Å². The van der Waals surface area contributed by atoms with Gasteiger partial charge in [-0.2, -0.15) is 0 Å². The van der Waals surface area contributed by atoms with Gasteiger partial charge in [-0.3, -0.25) is 0 Å². The van der Waals surface area contributed by atoms with Crippen LogP contribution in [0.25, 0.3) is 0 Å². The van der Waals surface area contributed by atoms with Crippen LogP contribution < -0.4 is 9.62 Å². The molecule has 0 atom stereocenters. The smallest absolute Gasteiger partial charge is 0.240 e. The van der Waals surface area contributed by atoms with Gasteiger partial charge in [0.1, 0.15) is 0 Å². The Morgan fingerprint density at radius 2 is 1.57 bits per heavy atom. The van der Waals surface area contributed by atoms with Crippen molar-refractivity contribution in [1.82, 2.24) is 4.72 Å². The Morgan fingerprint density at radius 3 is 2.17 bits per heavy atom. The molecule has 0 unspecified atom stereocenters. The van der Waals surface area contributed by atoms with Crippen LogP contribution in [0.5, 0.6) is 0 Å². The second-order valence-corrected chi connectivity index (χ2v) is 7.84. The van der Waals surface area contributed by atoms with Gasteiger partial charge in [0.05, 0.1) is 4.90 Å². The lowest BCUT2D eigenvalue weighted by Gasteiger charge is -2.17. The number of rotatable bonds is 5. The van der Waals surface area contributed by atoms with Crippen molar-refractivity contribution in [3.05, 3.63) is 59.1 Å². The van der Waals surface area contributed by atoms with Crippen molar-refractivity contribution in [1.29, 1.82) is 0 Å². The molecule has 0 bridgehead atoms. The van der Waals surface area contributed by atoms with E-state index in [-0.39, 0.29) is 11.4 Å². The van der Waals surface area contributed by atoms with Crippen molar-refractivity contribution >= 4 is 27.3 Å². The van der Waals surface area contributed by atoms with Crippen LogP contribution in [-0.2, 0) is 16.6 Å². The predicted octanol–water partition coefficient (Wildman–Crippen LogP) is 3.42. The van der Waals surface area contributed by atoms with Crippen LogP contribution in [-0.4, -0.2) is 21.5 Å². The first-order chi connectivity index (χ1) is 11.0. The van der Waals surface area contributed by atoms with Crippen LogP contribution in [0.4, 0.5) is 5.69 Å². The first kappa shape index (κ1) is 16.3. The zero-order valence-corrected chi connectivity index (χ0v) is 14.3. The third-order valence-electron chi connectivity index (χ3n) is 4.00. The normalized spacial score (nSPS) is 15.1. The van der Waals surface area contributed by atoms with Crippen LogP contribution in [0.15, 0.2) is 53.4 Å². The summed E-state index contributed by atoms with van der Waals surface area (Å²) >= 11 is 5.78. The number of hydrogen-bond acceptors (Lipinski definition) is 3. The molecular weight excluding hydrogens is 332 g/mol. The van der Waals surface area contributed by atoms with E-state index in [0.29, 0.717) is 5.02 Å². The van der Waals surface area contributed by atoms with Crippen LogP contribution in [0.3, 0.4) is 0 Å². The summed E-state index contributed by atoms with van der Waals surface area (Å²) in [5.41, 5.74) is 2.14. The van der Waals surface area contributed by atoms with E-state index in [1.165, 1.54) is 30.7 Å². The standard InChI is InChI=1S/C17H19ClN2O2S/c18-15-5-9-17(10-6-15)23(21,22)19-13-14-3-7-16(8-4-14)20-11-1-2-12-20/h3-10,19H,1-2,11-13H2. The second kappa shape index (κ2) is 6.91. The maximum absolute atomic E-state index is 12.2. The number of halogens is 1. The molecule has 1 fully saturated rings. The molecule has 1 N–H and O–H groups in total. The Hall–Kier alpha value is -1.56. The molecular formula is C17H19ClN2O2S. The molecule has 0 aromatic heterocycles. The Kier molecular flexibility index (Phi) is 4.90. The lowest BCUT2D eigenvalue weighted by Crippen LogP contribution is -2.23. The Bertz CT molecular complexity index is 752. The third kappa shape index (κ3) is 4.05. The average molecular weight is 351 g/mol. The van der Waals surface area contributed by atoms with Crippen molar-refractivity contribution in [2.45, 2.75) is 24.3 Å². The fourth-order valence-corrected chi connectivity index (χ4v) is 3.82. The number of anilines is 1. The summed E-state index contributed by atoms with van der Waals surface area (Å²) in [7, 11) is -3.52. The van der Waals surface area contributed by atoms with E-state index < -0.39 is 10.0 Å². The largest absolute Gasteiger partial charge is 0.372 e. The van der Waals surface area contributed by atoms with Gasteiger partial charge in [-0.05, 0) is 54.8 Å². The summed E-state index contributed by atoms with van der Waals surface area (Å²) in [5, 5.41) is 0.515. The van der Waals surface area contributed by atoms with Crippen molar-refractivity contribution in [2.75, 3.05) is 18.0 Å². The minimum atomic E-state index is -3.52. The van der Waals surface area contributed by atoms with E-state index in [2.05, 4.69) is 21.8 Å². The summed E-state index contributed by atoms with van der Waals surface area (Å²) in [6.07, 6.45) is 2.48. The van der Waals surface area contributed by atoms with E-state index >= 15 is 0 Å². The highest BCUT2D eigenvalue weighted by molar-refractivity contribution is 7.89. The quantitative estimate of drug-likeness (QED) is 0.898. The van der Waals surface area contributed by atoms with Gasteiger partial charge in [0.25, 0.3) is 0 Å². The molecule has 3 rings (SSSR count). The molecule has 2 aromatic rings. The molecule has 0 saturated carbocycles. The van der Waals surface area contributed by atoms with E-state index in [1.807, 2.05) is 12.1 Å². The first-order valence-electron chi connectivity index (χ1n) is 7.64. The summed E-state index contributed by atoms with van der Waals surface area (Å²) in [6, 6.07) is 14.2. The van der Waals surface area contributed by atoms with Gasteiger partial charge >= 0.3 is 0 Å². The molecule has 0 aliphatic carbocycles. The van der Waals surface area contributed by atoms with Gasteiger partial charge in [0.15, 0.2) is 0 Å². The highest BCUT2D eigenvalue weighted by atomic mass is 35.5. The molecule has 1 heterocycles. The SMILES string of the molecule is O=S(=O)(NCc1ccc(N2CCCC2)cc1)c1ccc(Cl)cc1. The van der Waals surface area contributed by atoms with Gasteiger partial charge in [-0.25, -0.2) is 13.1 Å². The zero-order valence-electron chi connectivity index (χ0n) is 12.7. The van der Waals surface area contributed by atoms with Gasteiger partial charge < -0.3 is 4.90 Å². The van der Waals surface area contributed by atoms with Crippen molar-refractivity contribution in [2.24, 2.45) is 0 Å². The maximum atomic E-state index is 12.2. The molecule has 1 aliphatic rings. The molecule has 122 valence electrons. The molecule has 23 heavy (non-hydrogen) atoms. The maximum Gasteiger partial charge on any atom is 0.240 e. The van der Waals surface area contributed by atoms with Gasteiger partial charge in [-0.15, -0.1) is 0 Å². The minimum Gasteiger partial charge on any atom is -0.372 e. The lowest BCUT2D eigenvalue weighted by atomic mass is 10.2. The summed E-state index contributed by atoms with van der Waals surface area (Å²) < 4.78 is 27.1. The average Bonchev–Trinajstić information content (AvgIpc) is 3.08. The van der Waals surface area contributed by atoms with Gasteiger partial charge in [0, 0.05) is 30.3 Å². The Labute approximate surface area is 142 Å². The number of hydrogen-bond donors (Lipinski definition) is 1. The number of nitrogens with zero attached hydrogens (tertiary/aromatic N) is 1. The fourth-order valence-electron chi connectivity index (χ4n) is 2.68. The highest BCUT2D eigenvalue weighted by Gasteiger charge is 2.14. The highest BCUT2D eigenvalue weighted by Crippen LogP contribution is 2.20. The molecule has 0 amide bonds. The van der Waals surface area contributed by atoms with E-state index in [4.69, 9.17) is 11.6 Å². The monoisotopic (exact) mass is 350 g/mol. The van der Waals surface area contributed by atoms with Crippen molar-refractivity contribution < 1.29 is 8.42 Å². The Balaban J connectivity index is 1.64. The first-order valence-corrected chi connectivity index (χ1v) is 9.50. The summed E-state index contributed by atoms with van der Waals surface area (Å²) in [5.74, 6) is 0. The number of nitrogens with one attached hydrogen (secondary N) is 1. The van der Waals surface area contributed by atoms with E-state index in [0.717, 1.165) is 18.7 Å². The molecule has 4 nitrogen and oxygen atoms in total. The van der Waals surface area contributed by atoms with E-state index in [1.54, 1.807) is 12.1 Å². The van der Waals surface area contributed by atoms with Crippen LogP contribution in [0.1, 0.15) is 18.4 Å². The fraction of sp³-hybridized carbons (Fsp3) is 0.294.